The Labute approximate surface area is 93.4 Å². The second-order valence-corrected chi connectivity index (χ2v) is 3.55. The fourth-order valence-corrected chi connectivity index (χ4v) is 1.45. The van der Waals surface area contributed by atoms with Gasteiger partial charge in [-0.15, -0.1) is 0 Å². The van der Waals surface area contributed by atoms with Crippen molar-refractivity contribution in [2.45, 2.75) is 0 Å². The molecule has 1 rings (SSSR count). The van der Waals surface area contributed by atoms with Gasteiger partial charge in [-0.3, -0.25) is 4.79 Å². The van der Waals surface area contributed by atoms with Crippen LogP contribution in [0.2, 0.25) is 0 Å². The standard InChI is InChI=1S/C9H7BrO5/c1-15-6-3-4(10)2-5(7(6)11)8(12)9(13)14/h2-3,11H,1H3,(H,13,14). The summed E-state index contributed by atoms with van der Waals surface area (Å²) in [7, 11) is 1.30. The van der Waals surface area contributed by atoms with E-state index in [4.69, 9.17) is 9.84 Å². The Morgan fingerprint density at radius 3 is 2.47 bits per heavy atom. The van der Waals surface area contributed by atoms with E-state index < -0.39 is 17.5 Å². The topological polar surface area (TPSA) is 83.8 Å². The molecule has 0 bridgehead atoms. The first-order valence-corrected chi connectivity index (χ1v) is 4.60. The van der Waals surface area contributed by atoms with Gasteiger partial charge < -0.3 is 14.9 Å². The van der Waals surface area contributed by atoms with Crippen molar-refractivity contribution >= 4 is 27.7 Å². The number of methoxy groups -OCH3 is 1. The Bertz CT molecular complexity index is 427. The third-order valence-corrected chi connectivity index (χ3v) is 2.16. The lowest BCUT2D eigenvalue weighted by atomic mass is 10.1. The maximum atomic E-state index is 11.1. The monoisotopic (exact) mass is 274 g/mol. The van der Waals surface area contributed by atoms with E-state index in [9.17, 15) is 14.7 Å². The van der Waals surface area contributed by atoms with E-state index >= 15 is 0 Å². The van der Waals surface area contributed by atoms with Crippen LogP contribution < -0.4 is 4.74 Å². The highest BCUT2D eigenvalue weighted by Gasteiger charge is 2.21. The number of rotatable bonds is 3. The summed E-state index contributed by atoms with van der Waals surface area (Å²) >= 11 is 3.07. The maximum absolute atomic E-state index is 11.1. The lowest BCUT2D eigenvalue weighted by Gasteiger charge is -2.07. The number of halogens is 1. The molecule has 0 heterocycles. The summed E-state index contributed by atoms with van der Waals surface area (Å²) in [5, 5.41) is 18.0. The Morgan fingerprint density at radius 2 is 2.00 bits per heavy atom. The molecule has 0 amide bonds. The van der Waals surface area contributed by atoms with Crippen molar-refractivity contribution in [1.82, 2.24) is 0 Å². The molecular weight excluding hydrogens is 268 g/mol. The van der Waals surface area contributed by atoms with Crippen LogP contribution in [0.5, 0.6) is 11.5 Å². The smallest absolute Gasteiger partial charge is 0.377 e. The van der Waals surface area contributed by atoms with Crippen LogP contribution in [-0.2, 0) is 4.79 Å². The van der Waals surface area contributed by atoms with Gasteiger partial charge in [-0.25, -0.2) is 4.79 Å². The largest absolute Gasteiger partial charge is 0.504 e. The first-order chi connectivity index (χ1) is 6.97. The summed E-state index contributed by atoms with van der Waals surface area (Å²) < 4.78 is 5.22. The molecule has 15 heavy (non-hydrogen) atoms. The summed E-state index contributed by atoms with van der Waals surface area (Å²) in [4.78, 5) is 21.6. The fraction of sp³-hybridized carbons (Fsp3) is 0.111. The molecule has 0 aromatic heterocycles. The highest BCUT2D eigenvalue weighted by Crippen LogP contribution is 2.33. The maximum Gasteiger partial charge on any atom is 0.377 e. The SMILES string of the molecule is COc1cc(Br)cc(C(=O)C(=O)O)c1O. The number of carbonyl (C=O) groups is 2. The normalized spacial score (nSPS) is 9.73. The van der Waals surface area contributed by atoms with E-state index in [0.717, 1.165) is 0 Å². The molecule has 0 saturated carbocycles. The Balaban J connectivity index is 3.35. The second-order valence-electron chi connectivity index (χ2n) is 2.64. The second kappa shape index (κ2) is 4.31. The molecule has 0 aliphatic carbocycles. The van der Waals surface area contributed by atoms with Gasteiger partial charge in [0.2, 0.25) is 0 Å². The molecule has 0 atom stereocenters. The molecule has 0 spiro atoms. The predicted molar refractivity (Wildman–Crippen MR) is 54.3 cm³/mol. The number of hydrogen-bond donors (Lipinski definition) is 2. The van der Waals surface area contributed by atoms with Crippen LogP contribution in [0.15, 0.2) is 16.6 Å². The molecule has 0 saturated heterocycles. The van der Waals surface area contributed by atoms with Gasteiger partial charge in [0, 0.05) is 4.47 Å². The number of carboxylic acid groups (broad SMARTS) is 1. The number of carboxylic acids is 1. The molecule has 0 radical (unpaired) electrons. The van der Waals surface area contributed by atoms with Crippen LogP contribution in [0.1, 0.15) is 10.4 Å². The van der Waals surface area contributed by atoms with Gasteiger partial charge in [-0.1, -0.05) is 15.9 Å². The lowest BCUT2D eigenvalue weighted by molar-refractivity contribution is -0.131. The summed E-state index contributed by atoms with van der Waals surface area (Å²) in [6, 6.07) is 2.64. The number of hydrogen-bond acceptors (Lipinski definition) is 4. The molecule has 0 aliphatic heterocycles. The van der Waals surface area contributed by atoms with E-state index in [1.807, 2.05) is 0 Å². The van der Waals surface area contributed by atoms with Gasteiger partial charge in [0.15, 0.2) is 11.5 Å². The zero-order valence-electron chi connectivity index (χ0n) is 7.65. The predicted octanol–water partition coefficient (Wildman–Crippen LogP) is 1.43. The average molecular weight is 275 g/mol. The van der Waals surface area contributed by atoms with Gasteiger partial charge in [0.1, 0.15) is 0 Å². The molecule has 2 N–H and O–H groups in total. The Morgan fingerprint density at radius 1 is 1.40 bits per heavy atom. The number of aliphatic carboxylic acids is 1. The van der Waals surface area contributed by atoms with E-state index in [1.54, 1.807) is 0 Å². The Kier molecular flexibility index (Phi) is 3.31. The number of ketones is 1. The minimum Gasteiger partial charge on any atom is -0.504 e. The molecule has 6 heteroatoms. The molecule has 0 fully saturated rings. The lowest BCUT2D eigenvalue weighted by Crippen LogP contribution is -2.13. The number of carbonyl (C=O) groups excluding carboxylic acids is 1. The van der Waals surface area contributed by atoms with Crippen molar-refractivity contribution in [3.63, 3.8) is 0 Å². The van der Waals surface area contributed by atoms with Crippen LogP contribution in [0.25, 0.3) is 0 Å². The number of Topliss-reactive ketones (excluding diaryl/α,β-unsaturated/α-hetero) is 1. The Hall–Kier alpha value is -1.56. The van der Waals surface area contributed by atoms with Crippen molar-refractivity contribution < 1.29 is 24.5 Å². The first-order valence-electron chi connectivity index (χ1n) is 3.81. The molecule has 1 aromatic carbocycles. The molecule has 0 aliphatic rings. The van der Waals surface area contributed by atoms with E-state index in [1.165, 1.54) is 19.2 Å². The van der Waals surface area contributed by atoms with E-state index in [2.05, 4.69) is 15.9 Å². The third-order valence-electron chi connectivity index (χ3n) is 1.70. The quantitative estimate of drug-likeness (QED) is 0.644. The van der Waals surface area contributed by atoms with Crippen LogP contribution in [0.3, 0.4) is 0 Å². The van der Waals surface area contributed by atoms with Crippen LogP contribution in [0, 0.1) is 0 Å². The first kappa shape index (κ1) is 11.5. The van der Waals surface area contributed by atoms with Gasteiger partial charge in [-0.05, 0) is 12.1 Å². The van der Waals surface area contributed by atoms with Gasteiger partial charge in [0.25, 0.3) is 5.78 Å². The number of phenols is 1. The highest BCUT2D eigenvalue weighted by molar-refractivity contribution is 9.10. The zero-order valence-corrected chi connectivity index (χ0v) is 9.24. The summed E-state index contributed by atoms with van der Waals surface area (Å²) in [5.74, 6) is -3.26. The van der Waals surface area contributed by atoms with Crippen LogP contribution in [0.4, 0.5) is 0 Å². The summed E-state index contributed by atoms with van der Waals surface area (Å²) in [6.45, 7) is 0. The molecule has 0 unspecified atom stereocenters. The zero-order chi connectivity index (χ0) is 11.6. The number of benzene rings is 1. The molecule has 5 nitrogen and oxygen atoms in total. The highest BCUT2D eigenvalue weighted by atomic mass is 79.9. The van der Waals surface area contributed by atoms with Crippen molar-refractivity contribution in [2.24, 2.45) is 0 Å². The van der Waals surface area contributed by atoms with E-state index in [0.29, 0.717) is 4.47 Å². The fourth-order valence-electron chi connectivity index (χ4n) is 1.02. The van der Waals surface area contributed by atoms with Gasteiger partial charge in [-0.2, -0.15) is 0 Å². The van der Waals surface area contributed by atoms with Crippen molar-refractivity contribution in [3.8, 4) is 11.5 Å². The van der Waals surface area contributed by atoms with Gasteiger partial charge in [0.05, 0.1) is 12.7 Å². The van der Waals surface area contributed by atoms with E-state index in [-0.39, 0.29) is 11.3 Å². The van der Waals surface area contributed by atoms with Crippen molar-refractivity contribution in [1.29, 1.82) is 0 Å². The van der Waals surface area contributed by atoms with Crippen LogP contribution >= 0.6 is 15.9 Å². The minimum atomic E-state index is -1.63. The number of ether oxygens (including phenoxy) is 1. The number of phenolic OH excluding ortho intramolecular Hbond substituents is 1. The summed E-state index contributed by atoms with van der Waals surface area (Å²) in [6.07, 6.45) is 0. The minimum absolute atomic E-state index is 0.0361. The molecule has 1 aromatic rings. The molecule has 80 valence electrons. The van der Waals surface area contributed by atoms with Gasteiger partial charge >= 0.3 is 5.97 Å². The van der Waals surface area contributed by atoms with Crippen molar-refractivity contribution in [3.05, 3.63) is 22.2 Å². The molecular formula is C9H7BrO5. The third kappa shape index (κ3) is 2.27. The average Bonchev–Trinajstić information content (AvgIpc) is 2.19. The number of aromatic hydroxyl groups is 1. The summed E-state index contributed by atoms with van der Waals surface area (Å²) in [5.41, 5.74) is -0.311. The van der Waals surface area contributed by atoms with Crippen LogP contribution in [-0.4, -0.2) is 29.1 Å². The van der Waals surface area contributed by atoms with Crippen molar-refractivity contribution in [2.75, 3.05) is 7.11 Å².